The van der Waals surface area contributed by atoms with E-state index in [4.69, 9.17) is 6.42 Å². The van der Waals surface area contributed by atoms with Crippen LogP contribution in [0.3, 0.4) is 0 Å². The molecule has 1 heterocycles. The highest BCUT2D eigenvalue weighted by Gasteiger charge is 2.20. The van der Waals surface area contributed by atoms with E-state index >= 15 is 0 Å². The molecule has 1 atom stereocenters. The monoisotopic (exact) mass is 297 g/mol. The first kappa shape index (κ1) is 13.5. The van der Waals surface area contributed by atoms with E-state index in [0.29, 0.717) is 10.2 Å². The maximum absolute atomic E-state index is 10.9. The lowest BCUT2D eigenvalue weighted by Crippen LogP contribution is -2.24. The average Bonchev–Trinajstić information content (AvgIpc) is 2.26. The quantitative estimate of drug-likeness (QED) is 0.527. The smallest absolute Gasteiger partial charge is 0.311 e. The Morgan fingerprint density at radius 1 is 1.59 bits per heavy atom. The van der Waals surface area contributed by atoms with Crippen molar-refractivity contribution in [1.82, 2.24) is 4.98 Å². The first-order chi connectivity index (χ1) is 7.97. The number of halogens is 1. The predicted octanol–water partition coefficient (Wildman–Crippen LogP) is 2.82. The molecule has 0 aliphatic rings. The molecule has 1 rings (SSSR count). The molecule has 1 aromatic heterocycles. The van der Waals surface area contributed by atoms with Gasteiger partial charge in [0.05, 0.1) is 15.4 Å². The largest absolute Gasteiger partial charge is 0.365 e. The van der Waals surface area contributed by atoms with Crippen molar-refractivity contribution in [3.8, 4) is 12.3 Å². The summed E-state index contributed by atoms with van der Waals surface area (Å²) >= 11 is 3.22. The van der Waals surface area contributed by atoms with Crippen molar-refractivity contribution in [3.05, 3.63) is 27.0 Å². The van der Waals surface area contributed by atoms with Crippen LogP contribution < -0.4 is 5.32 Å². The van der Waals surface area contributed by atoms with Crippen LogP contribution in [0.1, 0.15) is 13.8 Å². The van der Waals surface area contributed by atoms with Crippen molar-refractivity contribution < 1.29 is 4.92 Å². The first-order valence-corrected chi connectivity index (χ1v) is 5.77. The standard InChI is InChI=1S/C11H12BrN3O2/c1-4-9(7(2)3)14-11-8(12)5-13-6-10(11)15(16)17/h1,5-7,9H,2-3H3,(H,13,14). The molecule has 0 fully saturated rings. The second-order valence-corrected chi connectivity index (χ2v) is 4.66. The summed E-state index contributed by atoms with van der Waals surface area (Å²) in [6, 6.07) is -0.271. The predicted molar refractivity (Wildman–Crippen MR) is 69.7 cm³/mol. The normalized spacial score (nSPS) is 11.9. The van der Waals surface area contributed by atoms with Gasteiger partial charge in [-0.3, -0.25) is 15.1 Å². The Bertz CT molecular complexity index is 468. The Kier molecular flexibility index (Phi) is 4.46. The highest BCUT2D eigenvalue weighted by molar-refractivity contribution is 9.10. The van der Waals surface area contributed by atoms with Crippen LogP contribution in [-0.2, 0) is 0 Å². The van der Waals surface area contributed by atoms with Crippen LogP contribution in [0.4, 0.5) is 11.4 Å². The lowest BCUT2D eigenvalue weighted by molar-refractivity contribution is -0.384. The van der Waals surface area contributed by atoms with E-state index < -0.39 is 4.92 Å². The molecule has 0 aliphatic carbocycles. The second kappa shape index (κ2) is 5.64. The molecule has 0 saturated heterocycles. The number of anilines is 1. The fraction of sp³-hybridized carbons (Fsp3) is 0.364. The lowest BCUT2D eigenvalue weighted by Gasteiger charge is -2.18. The Hall–Kier alpha value is -1.61. The van der Waals surface area contributed by atoms with Crippen LogP contribution in [0.15, 0.2) is 16.9 Å². The van der Waals surface area contributed by atoms with Crippen LogP contribution in [0.2, 0.25) is 0 Å². The number of nitrogens with zero attached hydrogens (tertiary/aromatic N) is 2. The lowest BCUT2D eigenvalue weighted by atomic mass is 10.1. The summed E-state index contributed by atoms with van der Waals surface area (Å²) in [7, 11) is 0. The molecular formula is C11H12BrN3O2. The first-order valence-electron chi connectivity index (χ1n) is 4.98. The minimum atomic E-state index is -0.492. The van der Waals surface area contributed by atoms with Gasteiger partial charge in [-0.1, -0.05) is 19.8 Å². The molecule has 6 heteroatoms. The fourth-order valence-corrected chi connectivity index (χ4v) is 1.70. The van der Waals surface area contributed by atoms with Gasteiger partial charge < -0.3 is 5.32 Å². The SMILES string of the molecule is C#CC(Nc1c(Br)cncc1[N+](=O)[O-])C(C)C. The Morgan fingerprint density at radius 3 is 2.71 bits per heavy atom. The van der Waals surface area contributed by atoms with Crippen molar-refractivity contribution in [2.45, 2.75) is 19.9 Å². The van der Waals surface area contributed by atoms with E-state index in [0.717, 1.165) is 0 Å². The Morgan fingerprint density at radius 2 is 2.24 bits per heavy atom. The molecule has 5 nitrogen and oxygen atoms in total. The van der Waals surface area contributed by atoms with Crippen LogP contribution >= 0.6 is 15.9 Å². The number of hydrogen-bond donors (Lipinski definition) is 1. The summed E-state index contributed by atoms with van der Waals surface area (Å²) in [6.45, 7) is 3.89. The number of aromatic nitrogens is 1. The van der Waals surface area contributed by atoms with Gasteiger partial charge in [-0.05, 0) is 21.8 Å². The maximum atomic E-state index is 10.9. The third-order valence-electron chi connectivity index (χ3n) is 2.22. The van der Waals surface area contributed by atoms with Gasteiger partial charge in [0, 0.05) is 6.20 Å². The minimum Gasteiger partial charge on any atom is -0.365 e. The summed E-state index contributed by atoms with van der Waals surface area (Å²) in [5, 5.41) is 13.8. The molecule has 90 valence electrons. The fourth-order valence-electron chi connectivity index (χ4n) is 1.26. The average molecular weight is 298 g/mol. The van der Waals surface area contributed by atoms with E-state index in [2.05, 4.69) is 32.2 Å². The number of nitro groups is 1. The van der Waals surface area contributed by atoms with Gasteiger partial charge in [0.25, 0.3) is 0 Å². The highest BCUT2D eigenvalue weighted by Crippen LogP contribution is 2.32. The van der Waals surface area contributed by atoms with E-state index in [9.17, 15) is 10.1 Å². The molecule has 1 aromatic rings. The van der Waals surface area contributed by atoms with Crippen LogP contribution in [-0.4, -0.2) is 15.9 Å². The zero-order valence-corrected chi connectivity index (χ0v) is 11.1. The van der Waals surface area contributed by atoms with E-state index in [1.54, 1.807) is 0 Å². The van der Waals surface area contributed by atoms with Crippen LogP contribution in [0, 0.1) is 28.4 Å². The summed E-state index contributed by atoms with van der Waals surface area (Å²) in [4.78, 5) is 14.1. The van der Waals surface area contributed by atoms with Crippen molar-refractivity contribution in [3.63, 3.8) is 0 Å². The summed E-state index contributed by atoms with van der Waals surface area (Å²) in [5.74, 6) is 2.73. The Balaban J connectivity index is 3.13. The maximum Gasteiger partial charge on any atom is 0.311 e. The molecular weight excluding hydrogens is 286 g/mol. The molecule has 1 unspecified atom stereocenters. The van der Waals surface area contributed by atoms with E-state index in [1.165, 1.54) is 12.4 Å². The van der Waals surface area contributed by atoms with Crippen molar-refractivity contribution in [2.75, 3.05) is 5.32 Å². The zero-order chi connectivity index (χ0) is 13.0. The topological polar surface area (TPSA) is 68.1 Å². The number of hydrogen-bond acceptors (Lipinski definition) is 4. The molecule has 0 amide bonds. The van der Waals surface area contributed by atoms with Crippen molar-refractivity contribution >= 4 is 27.3 Å². The molecule has 0 bridgehead atoms. The summed E-state index contributed by atoms with van der Waals surface area (Å²) in [5.41, 5.74) is 0.266. The van der Waals surface area contributed by atoms with E-state index in [-0.39, 0.29) is 17.6 Å². The number of nitrogens with one attached hydrogen (secondary N) is 1. The minimum absolute atomic E-state index is 0.0970. The van der Waals surface area contributed by atoms with Gasteiger partial charge in [-0.15, -0.1) is 6.42 Å². The number of pyridine rings is 1. The zero-order valence-electron chi connectivity index (χ0n) is 9.48. The number of rotatable bonds is 4. The van der Waals surface area contributed by atoms with Gasteiger partial charge in [0.15, 0.2) is 0 Å². The summed E-state index contributed by atoms with van der Waals surface area (Å²) < 4.78 is 0.521. The molecule has 0 spiro atoms. The van der Waals surface area contributed by atoms with Gasteiger partial charge in [0.2, 0.25) is 0 Å². The molecule has 1 N–H and O–H groups in total. The van der Waals surface area contributed by atoms with Gasteiger partial charge in [-0.25, -0.2) is 0 Å². The van der Waals surface area contributed by atoms with Gasteiger partial charge >= 0.3 is 5.69 Å². The third-order valence-corrected chi connectivity index (χ3v) is 2.82. The second-order valence-electron chi connectivity index (χ2n) is 3.81. The molecule has 0 aliphatic heterocycles. The van der Waals surface area contributed by atoms with Crippen LogP contribution in [0.5, 0.6) is 0 Å². The van der Waals surface area contributed by atoms with Crippen LogP contribution in [0.25, 0.3) is 0 Å². The highest BCUT2D eigenvalue weighted by atomic mass is 79.9. The molecule has 0 radical (unpaired) electrons. The molecule has 0 aromatic carbocycles. The van der Waals surface area contributed by atoms with Gasteiger partial charge in [-0.2, -0.15) is 0 Å². The third kappa shape index (κ3) is 3.17. The van der Waals surface area contributed by atoms with E-state index in [1.807, 2.05) is 13.8 Å². The Labute approximate surface area is 108 Å². The molecule has 17 heavy (non-hydrogen) atoms. The summed E-state index contributed by atoms with van der Waals surface area (Å²) in [6.07, 6.45) is 8.07. The van der Waals surface area contributed by atoms with Crippen molar-refractivity contribution in [1.29, 1.82) is 0 Å². The van der Waals surface area contributed by atoms with Crippen molar-refractivity contribution in [2.24, 2.45) is 5.92 Å². The van der Waals surface area contributed by atoms with Gasteiger partial charge in [0.1, 0.15) is 11.9 Å². The molecule has 0 saturated carbocycles. The number of terminal acetylenes is 1.